The molecule has 9 heteroatoms. The maximum Gasteiger partial charge on any atom is 0.282 e. The number of benzene rings is 1. The lowest BCUT2D eigenvalue weighted by atomic mass is 9.97. The van der Waals surface area contributed by atoms with Crippen molar-refractivity contribution in [2.24, 2.45) is 0 Å². The number of aryl methyl sites for hydroxylation is 1. The summed E-state index contributed by atoms with van der Waals surface area (Å²) < 4.78 is 5.64. The van der Waals surface area contributed by atoms with E-state index in [-0.39, 0.29) is 11.3 Å². The second-order valence-electron chi connectivity index (χ2n) is 7.08. The number of thioether (sulfide) groups is 1. The van der Waals surface area contributed by atoms with Crippen molar-refractivity contribution in [2.45, 2.75) is 50.6 Å². The van der Waals surface area contributed by atoms with E-state index >= 15 is 0 Å². The van der Waals surface area contributed by atoms with Crippen LogP contribution in [0.5, 0.6) is 0 Å². The largest absolute Gasteiger partial charge is 0.415 e. The van der Waals surface area contributed by atoms with E-state index < -0.39 is 0 Å². The standard InChI is InChI=1S/C18H21N5O2S2/c1-11-5-7-12(8-6-11)9-19-14(24)15-21-20-13(27-15)10-26-17-23-22-16(25-17)18(2,3)4/h5-8H,9-10H2,1-4H3,(H,19,24). The molecule has 0 saturated heterocycles. The van der Waals surface area contributed by atoms with Crippen LogP contribution >= 0.6 is 23.1 Å². The van der Waals surface area contributed by atoms with Gasteiger partial charge < -0.3 is 9.73 Å². The molecular formula is C18H21N5O2S2. The molecule has 3 aromatic rings. The van der Waals surface area contributed by atoms with E-state index in [4.69, 9.17) is 4.42 Å². The van der Waals surface area contributed by atoms with Crippen LogP contribution < -0.4 is 5.32 Å². The van der Waals surface area contributed by atoms with Gasteiger partial charge in [-0.1, -0.05) is 73.7 Å². The van der Waals surface area contributed by atoms with Crippen LogP contribution in [0, 0.1) is 6.92 Å². The molecule has 2 aromatic heterocycles. The van der Waals surface area contributed by atoms with Crippen molar-refractivity contribution in [2.75, 3.05) is 0 Å². The molecule has 0 saturated carbocycles. The third kappa shape index (κ3) is 5.36. The summed E-state index contributed by atoms with van der Waals surface area (Å²) in [6.45, 7) is 8.53. The zero-order valence-electron chi connectivity index (χ0n) is 15.6. The highest BCUT2D eigenvalue weighted by Crippen LogP contribution is 2.27. The van der Waals surface area contributed by atoms with Gasteiger partial charge >= 0.3 is 0 Å². The van der Waals surface area contributed by atoms with Crippen molar-refractivity contribution in [1.29, 1.82) is 0 Å². The lowest BCUT2D eigenvalue weighted by Crippen LogP contribution is -2.22. The lowest BCUT2D eigenvalue weighted by Gasteiger charge is -2.10. The lowest BCUT2D eigenvalue weighted by molar-refractivity contribution is 0.0950. The van der Waals surface area contributed by atoms with E-state index in [1.54, 1.807) is 0 Å². The fraction of sp³-hybridized carbons (Fsp3) is 0.389. The Hall–Kier alpha value is -2.26. The second kappa shape index (κ2) is 8.18. The highest BCUT2D eigenvalue weighted by atomic mass is 32.2. The van der Waals surface area contributed by atoms with Crippen LogP contribution in [-0.4, -0.2) is 26.3 Å². The molecule has 1 amide bonds. The van der Waals surface area contributed by atoms with Gasteiger partial charge in [0.25, 0.3) is 11.1 Å². The summed E-state index contributed by atoms with van der Waals surface area (Å²) in [5.41, 5.74) is 2.05. The average molecular weight is 404 g/mol. The number of nitrogens with zero attached hydrogens (tertiary/aromatic N) is 4. The van der Waals surface area contributed by atoms with Crippen molar-refractivity contribution >= 4 is 29.0 Å². The number of nitrogens with one attached hydrogen (secondary N) is 1. The van der Waals surface area contributed by atoms with Crippen LogP contribution in [0.1, 0.15) is 52.6 Å². The number of aromatic nitrogens is 4. The predicted molar refractivity (Wildman–Crippen MR) is 105 cm³/mol. The first-order valence-electron chi connectivity index (χ1n) is 8.44. The summed E-state index contributed by atoms with van der Waals surface area (Å²) in [4.78, 5) is 12.2. The Morgan fingerprint density at radius 2 is 1.89 bits per heavy atom. The predicted octanol–water partition coefficient (Wildman–Crippen LogP) is 3.75. The minimum Gasteiger partial charge on any atom is -0.415 e. The maximum atomic E-state index is 12.2. The van der Waals surface area contributed by atoms with Crippen LogP contribution in [-0.2, 0) is 17.7 Å². The van der Waals surface area contributed by atoms with Crippen molar-refractivity contribution in [1.82, 2.24) is 25.7 Å². The smallest absolute Gasteiger partial charge is 0.282 e. The summed E-state index contributed by atoms with van der Waals surface area (Å²) >= 11 is 2.65. The first-order chi connectivity index (χ1) is 12.8. The molecule has 27 heavy (non-hydrogen) atoms. The Morgan fingerprint density at radius 3 is 2.56 bits per heavy atom. The number of carbonyl (C=O) groups excluding carboxylic acids is 1. The summed E-state index contributed by atoms with van der Waals surface area (Å²) in [5.74, 6) is 0.893. The fourth-order valence-electron chi connectivity index (χ4n) is 2.06. The molecule has 0 spiro atoms. The monoisotopic (exact) mass is 403 g/mol. The van der Waals surface area contributed by atoms with Crippen molar-refractivity contribution in [3.63, 3.8) is 0 Å². The maximum absolute atomic E-state index is 12.2. The van der Waals surface area contributed by atoms with Gasteiger partial charge in [0.15, 0.2) is 0 Å². The minimum atomic E-state index is -0.225. The fourth-order valence-corrected chi connectivity index (χ4v) is 3.57. The minimum absolute atomic E-state index is 0.183. The van der Waals surface area contributed by atoms with Gasteiger partial charge in [-0.2, -0.15) is 0 Å². The topological polar surface area (TPSA) is 93.8 Å². The highest BCUT2D eigenvalue weighted by molar-refractivity contribution is 7.98. The molecule has 1 aromatic carbocycles. The summed E-state index contributed by atoms with van der Waals surface area (Å²) in [5, 5.41) is 20.6. The molecule has 2 heterocycles. The molecule has 0 unspecified atom stereocenters. The van der Waals surface area contributed by atoms with Gasteiger partial charge in [-0.25, -0.2) is 0 Å². The average Bonchev–Trinajstić information content (AvgIpc) is 3.28. The number of rotatable bonds is 6. The van der Waals surface area contributed by atoms with Gasteiger partial charge in [0.05, 0.1) is 5.75 Å². The normalized spacial score (nSPS) is 11.6. The Kier molecular flexibility index (Phi) is 5.91. The molecule has 0 bridgehead atoms. The summed E-state index contributed by atoms with van der Waals surface area (Å²) in [6, 6.07) is 8.02. The van der Waals surface area contributed by atoms with Crippen molar-refractivity contribution in [3.8, 4) is 0 Å². The van der Waals surface area contributed by atoms with E-state index in [9.17, 15) is 4.79 Å². The Bertz CT molecular complexity index is 912. The number of hydrogen-bond donors (Lipinski definition) is 1. The van der Waals surface area contributed by atoms with Crippen LogP contribution in [0.4, 0.5) is 0 Å². The van der Waals surface area contributed by atoms with E-state index in [1.165, 1.54) is 28.7 Å². The molecule has 0 atom stereocenters. The first-order valence-corrected chi connectivity index (χ1v) is 10.2. The molecule has 0 aliphatic carbocycles. The van der Waals surface area contributed by atoms with Gasteiger partial charge in [-0.05, 0) is 12.5 Å². The quantitative estimate of drug-likeness (QED) is 0.626. The van der Waals surface area contributed by atoms with Crippen LogP contribution in [0.25, 0.3) is 0 Å². The second-order valence-corrected chi connectivity index (χ2v) is 9.07. The Balaban J connectivity index is 1.52. The number of carbonyl (C=O) groups is 1. The van der Waals surface area contributed by atoms with Crippen molar-refractivity contribution < 1.29 is 9.21 Å². The number of amides is 1. The SMILES string of the molecule is Cc1ccc(CNC(=O)c2nnc(CSc3nnc(C(C)(C)C)o3)s2)cc1. The highest BCUT2D eigenvalue weighted by Gasteiger charge is 2.22. The Morgan fingerprint density at radius 1 is 1.15 bits per heavy atom. The van der Waals surface area contributed by atoms with E-state index in [2.05, 4.69) is 25.7 Å². The van der Waals surface area contributed by atoms with Gasteiger partial charge in [-0.15, -0.1) is 20.4 Å². The van der Waals surface area contributed by atoms with Gasteiger partial charge in [0.1, 0.15) is 5.01 Å². The van der Waals surface area contributed by atoms with E-state index in [1.807, 2.05) is 52.0 Å². The first kappa shape index (κ1) is 19.5. The van der Waals surface area contributed by atoms with Crippen LogP contribution in [0.2, 0.25) is 0 Å². The van der Waals surface area contributed by atoms with Gasteiger partial charge in [0, 0.05) is 12.0 Å². The van der Waals surface area contributed by atoms with E-state index in [0.29, 0.717) is 28.4 Å². The molecule has 7 nitrogen and oxygen atoms in total. The molecule has 3 rings (SSSR count). The number of hydrogen-bond acceptors (Lipinski definition) is 8. The zero-order chi connectivity index (χ0) is 19.4. The third-order valence-electron chi connectivity index (χ3n) is 3.60. The molecule has 0 aliphatic rings. The van der Waals surface area contributed by atoms with E-state index in [0.717, 1.165) is 10.6 Å². The Labute approximate surface area is 166 Å². The van der Waals surface area contributed by atoms with Gasteiger partial charge in [0.2, 0.25) is 10.9 Å². The molecule has 0 aliphatic heterocycles. The summed E-state index contributed by atoms with van der Waals surface area (Å²) in [6.07, 6.45) is 0. The summed E-state index contributed by atoms with van der Waals surface area (Å²) in [7, 11) is 0. The molecular weight excluding hydrogens is 382 g/mol. The zero-order valence-corrected chi connectivity index (χ0v) is 17.3. The molecule has 0 radical (unpaired) electrons. The molecule has 142 valence electrons. The van der Waals surface area contributed by atoms with Gasteiger partial charge in [-0.3, -0.25) is 4.79 Å². The van der Waals surface area contributed by atoms with Crippen LogP contribution in [0.15, 0.2) is 33.9 Å². The van der Waals surface area contributed by atoms with Crippen molar-refractivity contribution in [3.05, 3.63) is 51.3 Å². The molecule has 0 fully saturated rings. The van der Waals surface area contributed by atoms with Crippen LogP contribution in [0.3, 0.4) is 0 Å². The molecule has 1 N–H and O–H groups in total. The third-order valence-corrected chi connectivity index (χ3v) is 5.54.